The van der Waals surface area contributed by atoms with Gasteiger partial charge in [-0.15, -0.1) is 0 Å². The number of benzene rings is 1. The third-order valence-electron chi connectivity index (χ3n) is 6.00. The van der Waals surface area contributed by atoms with Crippen LogP contribution >= 0.6 is 0 Å². The molecule has 1 aromatic heterocycles. The SMILES string of the molecule is CCOC(=O)c1c(/C=C/C(=O)NCC2CN(Cc3ccccc3)CCO2)c(C)n(CC)c1C. The van der Waals surface area contributed by atoms with Crippen LogP contribution in [-0.4, -0.2) is 60.3 Å². The Morgan fingerprint density at radius 1 is 1.18 bits per heavy atom. The van der Waals surface area contributed by atoms with Gasteiger partial charge in [0.15, 0.2) is 0 Å². The predicted molar refractivity (Wildman–Crippen MR) is 129 cm³/mol. The number of amides is 1. The second kappa shape index (κ2) is 11.8. The number of nitrogens with zero attached hydrogens (tertiary/aromatic N) is 2. The Kier molecular flexibility index (Phi) is 8.86. The molecule has 1 aliphatic heterocycles. The van der Waals surface area contributed by atoms with E-state index in [0.717, 1.165) is 43.1 Å². The summed E-state index contributed by atoms with van der Waals surface area (Å²) in [6, 6.07) is 10.4. The fourth-order valence-electron chi connectivity index (χ4n) is 4.37. The molecule has 7 nitrogen and oxygen atoms in total. The van der Waals surface area contributed by atoms with Gasteiger partial charge in [0.1, 0.15) is 0 Å². The molecule has 1 unspecified atom stereocenters. The average molecular weight is 454 g/mol. The van der Waals surface area contributed by atoms with Crippen molar-refractivity contribution in [2.45, 2.75) is 46.9 Å². The Morgan fingerprint density at radius 2 is 1.94 bits per heavy atom. The first-order valence-corrected chi connectivity index (χ1v) is 11.6. The van der Waals surface area contributed by atoms with E-state index >= 15 is 0 Å². The fourth-order valence-corrected chi connectivity index (χ4v) is 4.37. The third-order valence-corrected chi connectivity index (χ3v) is 6.00. The number of morpholine rings is 1. The van der Waals surface area contributed by atoms with E-state index in [1.807, 2.05) is 39.0 Å². The first-order valence-electron chi connectivity index (χ1n) is 11.6. The van der Waals surface area contributed by atoms with Gasteiger partial charge in [0.05, 0.1) is 24.9 Å². The molecule has 33 heavy (non-hydrogen) atoms. The molecular weight excluding hydrogens is 418 g/mol. The van der Waals surface area contributed by atoms with Crippen molar-refractivity contribution in [3.63, 3.8) is 0 Å². The van der Waals surface area contributed by atoms with E-state index in [2.05, 4.69) is 26.9 Å². The molecular formula is C26H35N3O4. The van der Waals surface area contributed by atoms with E-state index in [9.17, 15) is 9.59 Å². The topological polar surface area (TPSA) is 72.8 Å². The molecule has 1 fully saturated rings. The molecule has 1 aliphatic rings. The predicted octanol–water partition coefficient (Wildman–Crippen LogP) is 3.33. The van der Waals surface area contributed by atoms with Crippen LogP contribution in [0, 0.1) is 13.8 Å². The molecule has 0 aliphatic carbocycles. The number of hydrogen-bond acceptors (Lipinski definition) is 5. The van der Waals surface area contributed by atoms with Crippen molar-refractivity contribution < 1.29 is 19.1 Å². The highest BCUT2D eigenvalue weighted by atomic mass is 16.5. The highest BCUT2D eigenvalue weighted by Crippen LogP contribution is 2.25. The summed E-state index contributed by atoms with van der Waals surface area (Å²) in [6.07, 6.45) is 3.13. The standard InChI is InChI=1S/C26H35N3O4/c1-5-29-19(3)23(25(20(29)4)26(31)32-6-2)12-13-24(30)27-16-22-18-28(14-15-33-22)17-21-10-8-7-9-11-21/h7-13,22H,5-6,14-18H2,1-4H3,(H,27,30)/b13-12+. The second-order valence-electron chi connectivity index (χ2n) is 8.22. The Hall–Kier alpha value is -2.90. The van der Waals surface area contributed by atoms with E-state index in [1.54, 1.807) is 13.0 Å². The number of nitrogens with one attached hydrogen (secondary N) is 1. The van der Waals surface area contributed by atoms with E-state index in [4.69, 9.17) is 9.47 Å². The monoisotopic (exact) mass is 453 g/mol. The molecule has 1 atom stereocenters. The van der Waals surface area contributed by atoms with E-state index in [-0.39, 0.29) is 18.0 Å². The van der Waals surface area contributed by atoms with Crippen LogP contribution in [0.1, 0.15) is 46.7 Å². The van der Waals surface area contributed by atoms with Crippen LogP contribution < -0.4 is 5.32 Å². The maximum Gasteiger partial charge on any atom is 0.340 e. The second-order valence-corrected chi connectivity index (χ2v) is 8.22. The number of rotatable bonds is 9. The van der Waals surface area contributed by atoms with E-state index in [0.29, 0.717) is 25.3 Å². The number of aromatic nitrogens is 1. The molecule has 2 heterocycles. The van der Waals surface area contributed by atoms with E-state index in [1.165, 1.54) is 11.6 Å². The molecule has 0 radical (unpaired) electrons. The molecule has 1 aromatic carbocycles. The lowest BCUT2D eigenvalue weighted by Gasteiger charge is -2.33. The summed E-state index contributed by atoms with van der Waals surface area (Å²) < 4.78 is 13.1. The summed E-state index contributed by atoms with van der Waals surface area (Å²) in [5.41, 5.74) is 4.31. The van der Waals surface area contributed by atoms with Gasteiger partial charge >= 0.3 is 5.97 Å². The van der Waals surface area contributed by atoms with Crippen molar-refractivity contribution in [3.05, 3.63) is 64.5 Å². The minimum atomic E-state index is -0.362. The van der Waals surface area contributed by atoms with Gasteiger partial charge in [0.2, 0.25) is 5.91 Å². The Balaban J connectivity index is 1.59. The largest absolute Gasteiger partial charge is 0.462 e. The average Bonchev–Trinajstić information content (AvgIpc) is 3.06. The first-order chi connectivity index (χ1) is 15.9. The maximum atomic E-state index is 12.5. The lowest BCUT2D eigenvalue weighted by Crippen LogP contribution is -2.46. The van der Waals surface area contributed by atoms with Gasteiger partial charge in [0.25, 0.3) is 0 Å². The van der Waals surface area contributed by atoms with Crippen LogP contribution in [-0.2, 0) is 27.4 Å². The van der Waals surface area contributed by atoms with Gasteiger partial charge in [-0.05, 0) is 39.3 Å². The zero-order valence-corrected chi connectivity index (χ0v) is 20.1. The molecule has 1 N–H and O–H groups in total. The number of esters is 1. The van der Waals surface area contributed by atoms with E-state index < -0.39 is 0 Å². The smallest absolute Gasteiger partial charge is 0.340 e. The van der Waals surface area contributed by atoms with Gasteiger partial charge in [-0.3, -0.25) is 9.69 Å². The van der Waals surface area contributed by atoms with Gasteiger partial charge in [-0.1, -0.05) is 30.3 Å². The minimum absolute atomic E-state index is 0.0555. The third kappa shape index (κ3) is 6.33. The Labute approximate surface area is 196 Å². The summed E-state index contributed by atoms with van der Waals surface area (Å²) in [5, 5.41) is 2.94. The molecule has 1 amide bonds. The summed E-state index contributed by atoms with van der Waals surface area (Å²) >= 11 is 0. The zero-order valence-electron chi connectivity index (χ0n) is 20.1. The summed E-state index contributed by atoms with van der Waals surface area (Å²) in [4.78, 5) is 27.4. The summed E-state index contributed by atoms with van der Waals surface area (Å²) in [6.45, 7) is 12.3. The molecule has 178 valence electrons. The van der Waals surface area contributed by atoms with Gasteiger partial charge in [-0.2, -0.15) is 0 Å². The Morgan fingerprint density at radius 3 is 2.64 bits per heavy atom. The van der Waals surface area contributed by atoms with Crippen LogP contribution in [0.5, 0.6) is 0 Å². The zero-order chi connectivity index (χ0) is 23.8. The summed E-state index contributed by atoms with van der Waals surface area (Å²) in [7, 11) is 0. The summed E-state index contributed by atoms with van der Waals surface area (Å²) in [5.74, 6) is -0.575. The van der Waals surface area contributed by atoms with Crippen molar-refractivity contribution in [1.29, 1.82) is 0 Å². The first kappa shape index (κ1) is 24.7. The number of hydrogen-bond donors (Lipinski definition) is 1. The van der Waals surface area contributed by atoms with Crippen LogP contribution in [0.15, 0.2) is 36.4 Å². The fraction of sp³-hybridized carbons (Fsp3) is 0.462. The van der Waals surface area contributed by atoms with Crippen LogP contribution in [0.4, 0.5) is 0 Å². The molecule has 0 bridgehead atoms. The quantitative estimate of drug-likeness (QED) is 0.466. The Bertz CT molecular complexity index is 981. The van der Waals surface area contributed by atoms with Gasteiger partial charge in [-0.25, -0.2) is 4.79 Å². The normalized spacial score (nSPS) is 16.8. The molecule has 2 aromatic rings. The van der Waals surface area contributed by atoms with Crippen molar-refractivity contribution in [2.75, 3.05) is 32.8 Å². The highest BCUT2D eigenvalue weighted by Gasteiger charge is 2.23. The number of carbonyl (C=O) groups excluding carboxylic acids is 2. The number of carbonyl (C=O) groups is 2. The van der Waals surface area contributed by atoms with Crippen molar-refractivity contribution in [1.82, 2.24) is 14.8 Å². The van der Waals surface area contributed by atoms with Gasteiger partial charge < -0.3 is 19.4 Å². The lowest BCUT2D eigenvalue weighted by atomic mass is 10.1. The molecule has 7 heteroatoms. The minimum Gasteiger partial charge on any atom is -0.462 e. The van der Waals surface area contributed by atoms with Gasteiger partial charge in [0, 0.05) is 55.8 Å². The van der Waals surface area contributed by atoms with Crippen LogP contribution in [0.2, 0.25) is 0 Å². The molecule has 1 saturated heterocycles. The highest BCUT2D eigenvalue weighted by molar-refractivity contribution is 5.98. The molecule has 3 rings (SSSR count). The van der Waals surface area contributed by atoms with Crippen molar-refractivity contribution in [2.24, 2.45) is 0 Å². The van der Waals surface area contributed by atoms with Crippen molar-refractivity contribution in [3.8, 4) is 0 Å². The lowest BCUT2D eigenvalue weighted by molar-refractivity contribution is -0.117. The van der Waals surface area contributed by atoms with Crippen LogP contribution in [0.25, 0.3) is 6.08 Å². The molecule has 0 saturated carbocycles. The maximum absolute atomic E-state index is 12.5. The van der Waals surface area contributed by atoms with Crippen molar-refractivity contribution >= 4 is 18.0 Å². The van der Waals surface area contributed by atoms with Crippen LogP contribution in [0.3, 0.4) is 0 Å². The molecule has 0 spiro atoms. The number of ether oxygens (including phenoxy) is 2.